The molecule has 35 heavy (non-hydrogen) atoms. The molecule has 0 amide bonds. The maximum Gasteiger partial charge on any atom is 0.351 e. The Morgan fingerprint density at radius 2 is 2.06 bits per heavy atom. The predicted octanol–water partition coefficient (Wildman–Crippen LogP) is 5.08. The minimum Gasteiger partial charge on any atom is -0.496 e. The van der Waals surface area contributed by atoms with Crippen LogP contribution in [0.25, 0.3) is 21.3 Å². The molecule has 0 radical (unpaired) electrons. The summed E-state index contributed by atoms with van der Waals surface area (Å²) in [6.45, 7) is 3.00. The van der Waals surface area contributed by atoms with E-state index < -0.39 is 11.8 Å². The first-order chi connectivity index (χ1) is 17.0. The van der Waals surface area contributed by atoms with Gasteiger partial charge in [0.25, 0.3) is 0 Å². The van der Waals surface area contributed by atoms with Crippen molar-refractivity contribution in [1.29, 1.82) is 5.26 Å². The fraction of sp³-hybridized carbons (Fsp3) is 0.240. The van der Waals surface area contributed by atoms with Crippen molar-refractivity contribution in [2.75, 3.05) is 32.7 Å². The molecule has 1 aromatic carbocycles. The predicted molar refractivity (Wildman–Crippen MR) is 132 cm³/mol. The maximum absolute atomic E-state index is 14.6. The summed E-state index contributed by atoms with van der Waals surface area (Å²) in [5, 5.41) is 13.3. The topological polar surface area (TPSA) is 98.4 Å². The molecule has 0 bridgehead atoms. The summed E-state index contributed by atoms with van der Waals surface area (Å²) < 4.78 is 32.0. The number of methoxy groups -OCH3 is 2. The molecular formula is C25H23FN4O4S. The minimum atomic E-state index is -0.451. The van der Waals surface area contributed by atoms with Crippen LogP contribution >= 0.6 is 11.3 Å². The van der Waals surface area contributed by atoms with Crippen molar-refractivity contribution >= 4 is 34.0 Å². The largest absolute Gasteiger partial charge is 0.496 e. The molecule has 0 fully saturated rings. The molecule has 0 atom stereocenters. The standard InChI is InChI=1S/C25H23FN4O4S/c1-4-34-20-13-21(35-24(20)25(31)33-3)15-7-8-28-22(11-15)29-9-10-30-16(14-27)12-17-19(32-2)6-5-18(26)23(17)30/h5-8,11-13H,4,9-10H2,1-3H3,(H,28,29). The highest BCUT2D eigenvalue weighted by atomic mass is 32.1. The van der Waals surface area contributed by atoms with Gasteiger partial charge in [0.05, 0.1) is 26.3 Å². The number of esters is 1. The summed E-state index contributed by atoms with van der Waals surface area (Å²) in [5.74, 6) is 0.709. The molecule has 0 unspecified atom stereocenters. The Morgan fingerprint density at radius 3 is 2.77 bits per heavy atom. The summed E-state index contributed by atoms with van der Waals surface area (Å²) >= 11 is 1.28. The van der Waals surface area contributed by atoms with E-state index in [0.29, 0.717) is 58.5 Å². The molecule has 10 heteroatoms. The first-order valence-corrected chi connectivity index (χ1v) is 11.6. The van der Waals surface area contributed by atoms with Gasteiger partial charge in [0.1, 0.15) is 34.9 Å². The van der Waals surface area contributed by atoms with E-state index in [4.69, 9.17) is 14.2 Å². The average molecular weight is 495 g/mol. The number of pyridine rings is 1. The van der Waals surface area contributed by atoms with Gasteiger partial charge >= 0.3 is 5.97 Å². The molecule has 180 valence electrons. The molecule has 0 saturated carbocycles. The van der Waals surface area contributed by atoms with Crippen molar-refractivity contribution < 1.29 is 23.4 Å². The summed E-state index contributed by atoms with van der Waals surface area (Å²) in [6.07, 6.45) is 1.66. The van der Waals surface area contributed by atoms with Gasteiger partial charge in [-0.1, -0.05) is 0 Å². The molecule has 0 aliphatic heterocycles. The molecule has 0 aliphatic carbocycles. The van der Waals surface area contributed by atoms with Crippen LogP contribution in [0, 0.1) is 17.1 Å². The lowest BCUT2D eigenvalue weighted by Gasteiger charge is -2.11. The van der Waals surface area contributed by atoms with Crippen molar-refractivity contribution in [3.8, 4) is 28.0 Å². The highest BCUT2D eigenvalue weighted by molar-refractivity contribution is 7.17. The Labute approximate surface area is 205 Å². The summed E-state index contributed by atoms with van der Waals surface area (Å²) in [4.78, 5) is 17.7. The number of thiophene rings is 1. The van der Waals surface area contributed by atoms with Gasteiger partial charge in [0.2, 0.25) is 0 Å². The lowest BCUT2D eigenvalue weighted by Crippen LogP contribution is -2.13. The first-order valence-electron chi connectivity index (χ1n) is 10.8. The third kappa shape index (κ3) is 4.76. The number of ether oxygens (including phenoxy) is 3. The molecule has 4 aromatic rings. The summed E-state index contributed by atoms with van der Waals surface area (Å²) in [5.41, 5.74) is 1.51. The van der Waals surface area contributed by atoms with E-state index >= 15 is 0 Å². The number of rotatable bonds is 9. The fourth-order valence-electron chi connectivity index (χ4n) is 3.81. The number of anilines is 1. The van der Waals surface area contributed by atoms with Crippen molar-refractivity contribution in [2.45, 2.75) is 13.5 Å². The molecule has 0 spiro atoms. The van der Waals surface area contributed by atoms with Crippen molar-refractivity contribution in [2.24, 2.45) is 0 Å². The Balaban J connectivity index is 1.55. The van der Waals surface area contributed by atoms with Gasteiger partial charge in [-0.25, -0.2) is 14.2 Å². The molecule has 8 nitrogen and oxygen atoms in total. The Kier molecular flexibility index (Phi) is 7.17. The van der Waals surface area contributed by atoms with E-state index in [9.17, 15) is 14.4 Å². The summed E-state index contributed by atoms with van der Waals surface area (Å²) in [6, 6.07) is 12.1. The Morgan fingerprint density at radius 1 is 1.23 bits per heavy atom. The zero-order valence-corrected chi connectivity index (χ0v) is 20.2. The van der Waals surface area contributed by atoms with Crippen LogP contribution in [0.5, 0.6) is 11.5 Å². The van der Waals surface area contributed by atoms with Crippen LogP contribution in [-0.2, 0) is 11.3 Å². The van der Waals surface area contributed by atoms with Gasteiger partial charge in [0.15, 0.2) is 4.88 Å². The average Bonchev–Trinajstić information content (AvgIpc) is 3.47. The molecule has 0 saturated heterocycles. The van der Waals surface area contributed by atoms with Crippen molar-refractivity contribution in [3.63, 3.8) is 0 Å². The maximum atomic E-state index is 14.6. The summed E-state index contributed by atoms with van der Waals surface area (Å²) in [7, 11) is 2.84. The lowest BCUT2D eigenvalue weighted by atomic mass is 10.2. The third-order valence-corrected chi connectivity index (χ3v) is 6.50. The number of hydrogen-bond donors (Lipinski definition) is 1. The fourth-order valence-corrected chi connectivity index (χ4v) is 4.82. The second-order valence-electron chi connectivity index (χ2n) is 7.39. The van der Waals surface area contributed by atoms with Crippen LogP contribution in [0.2, 0.25) is 0 Å². The molecule has 0 aliphatic rings. The molecule has 3 aromatic heterocycles. The second kappa shape index (κ2) is 10.4. The van der Waals surface area contributed by atoms with E-state index in [1.165, 1.54) is 31.6 Å². The highest BCUT2D eigenvalue weighted by Gasteiger charge is 2.19. The molecule has 4 rings (SSSR count). The zero-order chi connectivity index (χ0) is 24.9. The number of carbonyl (C=O) groups is 1. The van der Waals surface area contributed by atoms with Gasteiger partial charge in [-0.3, -0.25) is 0 Å². The van der Waals surface area contributed by atoms with E-state index in [0.717, 1.165) is 10.4 Å². The highest BCUT2D eigenvalue weighted by Crippen LogP contribution is 2.37. The number of benzene rings is 1. The second-order valence-corrected chi connectivity index (χ2v) is 8.44. The molecule has 1 N–H and O–H groups in total. The van der Waals surface area contributed by atoms with E-state index in [-0.39, 0.29) is 0 Å². The molecule has 3 heterocycles. The Bertz CT molecular complexity index is 1420. The van der Waals surface area contributed by atoms with E-state index in [2.05, 4.69) is 16.4 Å². The number of aromatic nitrogens is 2. The number of nitrogens with one attached hydrogen (secondary N) is 1. The smallest absolute Gasteiger partial charge is 0.351 e. The molecular weight excluding hydrogens is 471 g/mol. The van der Waals surface area contributed by atoms with Crippen molar-refractivity contribution in [3.05, 3.63) is 59.0 Å². The number of nitrogens with zero attached hydrogens (tertiary/aromatic N) is 3. The van der Waals surface area contributed by atoms with Crippen molar-refractivity contribution in [1.82, 2.24) is 9.55 Å². The minimum absolute atomic E-state index is 0.321. The number of nitriles is 1. The van der Waals surface area contributed by atoms with Gasteiger partial charge in [-0.2, -0.15) is 5.26 Å². The number of fused-ring (bicyclic) bond motifs is 1. The van der Waals surface area contributed by atoms with Gasteiger partial charge in [0, 0.05) is 29.5 Å². The van der Waals surface area contributed by atoms with Crippen LogP contribution in [0.15, 0.2) is 42.6 Å². The SMILES string of the molecule is CCOc1cc(-c2ccnc(NCCn3c(C#N)cc4c(OC)ccc(F)c43)c2)sc1C(=O)OC. The van der Waals surface area contributed by atoms with Crippen LogP contribution < -0.4 is 14.8 Å². The monoisotopic (exact) mass is 494 g/mol. The quantitative estimate of drug-likeness (QED) is 0.324. The van der Waals surface area contributed by atoms with Crippen LogP contribution in [-0.4, -0.2) is 42.9 Å². The van der Waals surface area contributed by atoms with Crippen LogP contribution in [0.3, 0.4) is 0 Å². The first kappa shape index (κ1) is 24.0. The normalized spacial score (nSPS) is 10.7. The number of halogens is 1. The van der Waals surface area contributed by atoms with Gasteiger partial charge in [-0.15, -0.1) is 11.3 Å². The van der Waals surface area contributed by atoms with Crippen LogP contribution in [0.1, 0.15) is 22.3 Å². The number of hydrogen-bond acceptors (Lipinski definition) is 8. The van der Waals surface area contributed by atoms with E-state index in [1.807, 2.05) is 19.1 Å². The zero-order valence-electron chi connectivity index (χ0n) is 19.4. The van der Waals surface area contributed by atoms with Gasteiger partial charge < -0.3 is 24.1 Å². The lowest BCUT2D eigenvalue weighted by molar-refractivity contribution is 0.0602. The number of carbonyl (C=O) groups excluding carboxylic acids is 1. The van der Waals surface area contributed by atoms with E-state index in [1.54, 1.807) is 29.0 Å². The third-order valence-electron chi connectivity index (χ3n) is 5.36. The van der Waals surface area contributed by atoms with Gasteiger partial charge in [-0.05, 0) is 48.9 Å². The van der Waals surface area contributed by atoms with Crippen LogP contribution in [0.4, 0.5) is 10.2 Å². The Hall–Kier alpha value is -4.10.